The first kappa shape index (κ1) is 13.6. The Bertz CT molecular complexity index is 547. The van der Waals surface area contributed by atoms with Crippen LogP contribution in [-0.2, 0) is 9.53 Å². The number of rotatable bonds is 2. The van der Waals surface area contributed by atoms with E-state index in [0.29, 0.717) is 12.1 Å². The second-order valence-corrected chi connectivity index (χ2v) is 7.54. The standard InChI is InChI=1S/C17H21NO2S/c1-18-11-6-7-12(18)9-13(8-11)20-17(19)15-10-21-16-5-3-2-4-14(15)16/h2-5,11-13,15H,6-10H2,1H3/t11-,12+,13?,15?. The summed E-state index contributed by atoms with van der Waals surface area (Å²) in [4.78, 5) is 16.3. The zero-order chi connectivity index (χ0) is 14.4. The summed E-state index contributed by atoms with van der Waals surface area (Å²) >= 11 is 1.77. The normalized spacial score (nSPS) is 34.7. The summed E-state index contributed by atoms with van der Waals surface area (Å²) in [6, 6.07) is 9.45. The third-order valence-corrected chi connectivity index (χ3v) is 6.51. The number of piperidine rings is 1. The highest BCUT2D eigenvalue weighted by atomic mass is 32.2. The summed E-state index contributed by atoms with van der Waals surface area (Å²) in [5.74, 6) is 0.752. The van der Waals surface area contributed by atoms with E-state index in [4.69, 9.17) is 4.74 Å². The molecule has 0 saturated carbocycles. The molecule has 3 aliphatic heterocycles. The number of fused-ring (bicyclic) bond motifs is 3. The van der Waals surface area contributed by atoms with Gasteiger partial charge < -0.3 is 9.64 Å². The van der Waals surface area contributed by atoms with E-state index in [9.17, 15) is 4.79 Å². The number of thioether (sulfide) groups is 1. The first-order valence-corrected chi connectivity index (χ1v) is 8.85. The second kappa shape index (κ2) is 5.33. The number of hydrogen-bond donors (Lipinski definition) is 0. The number of nitrogens with zero attached hydrogens (tertiary/aromatic N) is 1. The topological polar surface area (TPSA) is 29.5 Å². The van der Waals surface area contributed by atoms with Crippen LogP contribution in [0.25, 0.3) is 0 Å². The van der Waals surface area contributed by atoms with Gasteiger partial charge in [-0.25, -0.2) is 0 Å². The lowest BCUT2D eigenvalue weighted by atomic mass is 9.99. The maximum absolute atomic E-state index is 12.5. The third kappa shape index (κ3) is 2.38. The highest BCUT2D eigenvalue weighted by Crippen LogP contribution is 2.41. The van der Waals surface area contributed by atoms with Crippen LogP contribution in [0.3, 0.4) is 0 Å². The summed E-state index contributed by atoms with van der Waals surface area (Å²) in [6.07, 6.45) is 4.68. The van der Waals surface area contributed by atoms with Crippen molar-refractivity contribution in [1.29, 1.82) is 0 Å². The van der Waals surface area contributed by atoms with Crippen LogP contribution in [0.15, 0.2) is 29.2 Å². The highest BCUT2D eigenvalue weighted by Gasteiger charge is 2.41. The Morgan fingerprint density at radius 1 is 1.24 bits per heavy atom. The first-order chi connectivity index (χ1) is 10.2. The maximum Gasteiger partial charge on any atom is 0.314 e. The minimum absolute atomic E-state index is 0.0126. The van der Waals surface area contributed by atoms with Crippen molar-refractivity contribution in [2.75, 3.05) is 12.8 Å². The van der Waals surface area contributed by atoms with Crippen LogP contribution in [0.1, 0.15) is 37.2 Å². The molecule has 4 atom stereocenters. The van der Waals surface area contributed by atoms with E-state index in [2.05, 4.69) is 24.1 Å². The van der Waals surface area contributed by atoms with E-state index < -0.39 is 0 Å². The van der Waals surface area contributed by atoms with Crippen molar-refractivity contribution in [3.05, 3.63) is 29.8 Å². The number of hydrogen-bond acceptors (Lipinski definition) is 4. The van der Waals surface area contributed by atoms with E-state index in [-0.39, 0.29) is 18.0 Å². The Kier molecular flexibility index (Phi) is 3.46. The zero-order valence-electron chi connectivity index (χ0n) is 12.3. The summed E-state index contributed by atoms with van der Waals surface area (Å²) in [5.41, 5.74) is 1.16. The largest absolute Gasteiger partial charge is 0.462 e. The van der Waals surface area contributed by atoms with Gasteiger partial charge in [0.15, 0.2) is 0 Å². The fraction of sp³-hybridized carbons (Fsp3) is 0.588. The molecular formula is C17H21NO2S. The van der Waals surface area contributed by atoms with Gasteiger partial charge in [0.05, 0.1) is 5.92 Å². The van der Waals surface area contributed by atoms with Crippen molar-refractivity contribution in [1.82, 2.24) is 4.90 Å². The molecule has 1 aromatic rings. The van der Waals surface area contributed by atoms with Gasteiger partial charge in [-0.05, 0) is 44.4 Å². The molecule has 0 N–H and O–H groups in total. The number of benzene rings is 1. The van der Waals surface area contributed by atoms with Gasteiger partial charge in [-0.2, -0.15) is 0 Å². The molecule has 0 aliphatic carbocycles. The Hall–Kier alpha value is -1.00. The van der Waals surface area contributed by atoms with Crippen molar-refractivity contribution < 1.29 is 9.53 Å². The average Bonchev–Trinajstić information content (AvgIpc) is 2.98. The van der Waals surface area contributed by atoms with Gasteiger partial charge in [0.25, 0.3) is 0 Å². The molecule has 4 rings (SSSR count). The molecule has 21 heavy (non-hydrogen) atoms. The summed E-state index contributed by atoms with van der Waals surface area (Å²) < 4.78 is 5.88. The highest BCUT2D eigenvalue weighted by molar-refractivity contribution is 7.99. The quantitative estimate of drug-likeness (QED) is 0.786. The lowest BCUT2D eigenvalue weighted by Crippen LogP contribution is -2.43. The van der Waals surface area contributed by atoms with E-state index in [1.807, 2.05) is 12.1 Å². The zero-order valence-corrected chi connectivity index (χ0v) is 13.1. The van der Waals surface area contributed by atoms with E-state index in [1.54, 1.807) is 11.8 Å². The molecule has 0 amide bonds. The fourth-order valence-corrected chi connectivity index (χ4v) is 5.28. The summed E-state index contributed by atoms with van der Waals surface area (Å²) in [6.45, 7) is 0. The maximum atomic E-state index is 12.5. The molecule has 1 aromatic carbocycles. The molecule has 2 fully saturated rings. The van der Waals surface area contributed by atoms with Crippen LogP contribution in [0.4, 0.5) is 0 Å². The van der Waals surface area contributed by atoms with Crippen LogP contribution < -0.4 is 0 Å². The van der Waals surface area contributed by atoms with Gasteiger partial charge in [-0.1, -0.05) is 18.2 Å². The van der Waals surface area contributed by atoms with Crippen LogP contribution in [0.2, 0.25) is 0 Å². The smallest absolute Gasteiger partial charge is 0.314 e. The lowest BCUT2D eigenvalue weighted by Gasteiger charge is -2.36. The Balaban J connectivity index is 1.43. The first-order valence-electron chi connectivity index (χ1n) is 7.86. The van der Waals surface area contributed by atoms with Gasteiger partial charge in [0.2, 0.25) is 0 Å². The molecule has 4 heteroatoms. The summed E-state index contributed by atoms with van der Waals surface area (Å²) in [5, 5.41) is 0. The van der Waals surface area contributed by atoms with E-state index in [1.165, 1.54) is 17.7 Å². The van der Waals surface area contributed by atoms with Gasteiger partial charge >= 0.3 is 5.97 Å². The van der Waals surface area contributed by atoms with Gasteiger partial charge in [-0.15, -0.1) is 11.8 Å². The SMILES string of the molecule is CN1[C@@H]2CC[C@H]1CC(OC(=O)C1CSc3ccccc31)C2. The van der Waals surface area contributed by atoms with Crippen molar-refractivity contribution >= 4 is 17.7 Å². The van der Waals surface area contributed by atoms with E-state index >= 15 is 0 Å². The predicted octanol–water partition coefficient (Wildman–Crippen LogP) is 3.04. The molecule has 0 radical (unpaired) electrons. The molecule has 3 heterocycles. The average molecular weight is 303 g/mol. The molecule has 3 nitrogen and oxygen atoms in total. The third-order valence-electron chi connectivity index (χ3n) is 5.32. The predicted molar refractivity (Wildman–Crippen MR) is 83.6 cm³/mol. The number of ether oxygens (including phenoxy) is 1. The molecule has 3 aliphatic rings. The Morgan fingerprint density at radius 3 is 2.71 bits per heavy atom. The molecule has 2 bridgehead atoms. The van der Waals surface area contributed by atoms with Gasteiger partial charge in [0.1, 0.15) is 6.10 Å². The van der Waals surface area contributed by atoms with E-state index in [0.717, 1.165) is 24.2 Å². The molecule has 0 aromatic heterocycles. The van der Waals surface area contributed by atoms with Gasteiger partial charge in [0, 0.05) is 22.7 Å². The van der Waals surface area contributed by atoms with Crippen LogP contribution >= 0.6 is 11.8 Å². The number of carbonyl (C=O) groups excluding carboxylic acids is 1. The number of carbonyl (C=O) groups is 1. The molecule has 112 valence electrons. The minimum atomic E-state index is -0.0662. The van der Waals surface area contributed by atoms with Crippen LogP contribution in [0.5, 0.6) is 0 Å². The van der Waals surface area contributed by atoms with Crippen molar-refractivity contribution in [3.8, 4) is 0 Å². The molecule has 2 unspecified atom stereocenters. The van der Waals surface area contributed by atoms with Crippen molar-refractivity contribution in [3.63, 3.8) is 0 Å². The molecular weight excluding hydrogens is 282 g/mol. The van der Waals surface area contributed by atoms with Crippen LogP contribution in [0, 0.1) is 0 Å². The molecule has 2 saturated heterocycles. The molecule has 0 spiro atoms. The van der Waals surface area contributed by atoms with Crippen molar-refractivity contribution in [2.45, 2.75) is 54.7 Å². The summed E-state index contributed by atoms with van der Waals surface area (Å²) in [7, 11) is 2.21. The second-order valence-electron chi connectivity index (χ2n) is 6.48. The Morgan fingerprint density at radius 2 is 1.95 bits per heavy atom. The Labute approximate surface area is 130 Å². The van der Waals surface area contributed by atoms with Crippen molar-refractivity contribution in [2.24, 2.45) is 0 Å². The lowest BCUT2D eigenvalue weighted by molar-refractivity contribution is -0.153. The van der Waals surface area contributed by atoms with Gasteiger partial charge in [-0.3, -0.25) is 4.79 Å². The monoisotopic (exact) mass is 303 g/mol. The minimum Gasteiger partial charge on any atom is -0.462 e. The number of esters is 1. The fourth-order valence-electron chi connectivity index (χ4n) is 4.06. The van der Waals surface area contributed by atoms with Crippen LogP contribution in [-0.4, -0.2) is 41.9 Å².